The Morgan fingerprint density at radius 1 is 1.03 bits per heavy atom. The van der Waals surface area contributed by atoms with E-state index in [9.17, 15) is 4.79 Å². The van der Waals surface area contributed by atoms with Gasteiger partial charge >= 0.3 is 0 Å². The van der Waals surface area contributed by atoms with Crippen LogP contribution in [0.3, 0.4) is 0 Å². The maximum atomic E-state index is 13.6. The number of rotatable bonds is 7. The fourth-order valence-corrected chi connectivity index (χ4v) is 4.46. The van der Waals surface area contributed by atoms with E-state index in [0.717, 1.165) is 24.1 Å². The minimum absolute atomic E-state index is 0.0246. The fraction of sp³-hybridized carbons (Fsp3) is 0.259. The number of hydrogen-bond acceptors (Lipinski definition) is 6. The highest BCUT2D eigenvalue weighted by molar-refractivity contribution is 5.95. The van der Waals surface area contributed by atoms with Gasteiger partial charge in [0.2, 0.25) is 5.88 Å². The monoisotopic (exact) mass is 469 g/mol. The second-order valence-electron chi connectivity index (χ2n) is 8.48. The molecule has 8 nitrogen and oxygen atoms in total. The summed E-state index contributed by atoms with van der Waals surface area (Å²) in [6.45, 7) is 1.81. The van der Waals surface area contributed by atoms with Gasteiger partial charge in [0.25, 0.3) is 5.91 Å². The summed E-state index contributed by atoms with van der Waals surface area (Å²) in [6.07, 6.45) is 8.73. The van der Waals surface area contributed by atoms with Gasteiger partial charge in [-0.1, -0.05) is 24.3 Å². The first-order chi connectivity index (χ1) is 17.2. The number of ether oxygens (including phenoxy) is 2. The number of nitrogens with zero attached hydrogens (tertiary/aromatic N) is 5. The summed E-state index contributed by atoms with van der Waals surface area (Å²) in [5, 5.41) is 4.29. The molecule has 1 unspecified atom stereocenters. The second kappa shape index (κ2) is 10.4. The van der Waals surface area contributed by atoms with Gasteiger partial charge in [-0.3, -0.25) is 14.5 Å². The Kier molecular flexibility index (Phi) is 6.70. The number of carbonyl (C=O) groups excluding carboxylic acids is 1. The van der Waals surface area contributed by atoms with E-state index in [4.69, 9.17) is 9.47 Å². The van der Waals surface area contributed by atoms with Crippen molar-refractivity contribution in [3.63, 3.8) is 0 Å². The van der Waals surface area contributed by atoms with Crippen LogP contribution in [0.15, 0.2) is 79.4 Å². The first kappa shape index (κ1) is 22.6. The summed E-state index contributed by atoms with van der Waals surface area (Å²) >= 11 is 0. The van der Waals surface area contributed by atoms with E-state index in [1.165, 1.54) is 0 Å². The average molecular weight is 470 g/mol. The van der Waals surface area contributed by atoms with Gasteiger partial charge in [-0.2, -0.15) is 5.10 Å². The predicted molar refractivity (Wildman–Crippen MR) is 131 cm³/mol. The molecule has 0 N–H and O–H groups in total. The molecule has 1 aliphatic heterocycles. The number of piperidine rings is 1. The van der Waals surface area contributed by atoms with Crippen LogP contribution in [0.1, 0.15) is 40.4 Å². The van der Waals surface area contributed by atoms with Gasteiger partial charge in [0.05, 0.1) is 13.7 Å². The molecule has 0 spiro atoms. The summed E-state index contributed by atoms with van der Waals surface area (Å²) in [4.78, 5) is 24.6. The van der Waals surface area contributed by atoms with E-state index in [2.05, 4.69) is 15.1 Å². The van der Waals surface area contributed by atoms with Crippen LogP contribution in [0.4, 0.5) is 0 Å². The van der Waals surface area contributed by atoms with E-state index < -0.39 is 0 Å². The van der Waals surface area contributed by atoms with Gasteiger partial charge in [0, 0.05) is 55.4 Å². The molecule has 3 heterocycles. The SMILES string of the molecule is COc1cccc(Oc2nccnc2C2CCCN(C(=O)c3ccccc3Cn3cccn3)C2)c1. The number of hydrogen-bond donors (Lipinski definition) is 0. The van der Waals surface area contributed by atoms with E-state index in [1.807, 2.05) is 70.4 Å². The van der Waals surface area contributed by atoms with Gasteiger partial charge in [-0.05, 0) is 42.7 Å². The lowest BCUT2D eigenvalue weighted by molar-refractivity contribution is 0.0703. The number of amides is 1. The van der Waals surface area contributed by atoms with Crippen LogP contribution in [0.25, 0.3) is 0 Å². The standard InChI is InChI=1S/C27H27N5O3/c1-34-22-9-4-10-23(17-22)35-26-25(28-13-14-29-26)21-8-5-15-31(18-21)27(33)24-11-3-2-7-20(24)19-32-16-6-12-30-32/h2-4,6-7,9-14,16-17,21H,5,8,15,18-19H2,1H3. The molecule has 0 saturated carbocycles. The van der Waals surface area contributed by atoms with E-state index in [1.54, 1.807) is 25.7 Å². The maximum absolute atomic E-state index is 13.6. The average Bonchev–Trinajstić information content (AvgIpc) is 3.42. The Morgan fingerprint density at radius 2 is 1.89 bits per heavy atom. The smallest absolute Gasteiger partial charge is 0.254 e. The van der Waals surface area contributed by atoms with Crippen molar-refractivity contribution in [1.82, 2.24) is 24.6 Å². The number of carbonyl (C=O) groups is 1. The maximum Gasteiger partial charge on any atom is 0.254 e. The van der Waals surface area contributed by atoms with Crippen molar-refractivity contribution < 1.29 is 14.3 Å². The molecule has 0 radical (unpaired) electrons. The van der Waals surface area contributed by atoms with E-state index in [0.29, 0.717) is 42.6 Å². The minimum atomic E-state index is 0.0246. The van der Waals surface area contributed by atoms with Crippen molar-refractivity contribution in [3.8, 4) is 17.4 Å². The lowest BCUT2D eigenvalue weighted by atomic mass is 9.93. The van der Waals surface area contributed by atoms with Gasteiger partial charge in [0.1, 0.15) is 17.2 Å². The molecule has 178 valence electrons. The molecular weight excluding hydrogens is 442 g/mol. The van der Waals surface area contributed by atoms with E-state index in [-0.39, 0.29) is 11.8 Å². The van der Waals surface area contributed by atoms with Crippen LogP contribution in [0.5, 0.6) is 17.4 Å². The van der Waals surface area contributed by atoms with E-state index >= 15 is 0 Å². The van der Waals surface area contributed by atoms with Crippen LogP contribution in [0.2, 0.25) is 0 Å². The number of aromatic nitrogens is 4. The molecule has 1 atom stereocenters. The number of likely N-dealkylation sites (tertiary alicyclic amines) is 1. The third-order valence-electron chi connectivity index (χ3n) is 6.18. The Morgan fingerprint density at radius 3 is 2.74 bits per heavy atom. The molecule has 4 aromatic rings. The van der Waals surface area contributed by atoms with Crippen molar-refractivity contribution in [2.24, 2.45) is 0 Å². The summed E-state index contributed by atoms with van der Waals surface area (Å²) in [5.41, 5.74) is 2.41. The Bertz CT molecular complexity index is 1290. The van der Waals surface area contributed by atoms with Crippen LogP contribution in [-0.2, 0) is 6.54 Å². The van der Waals surface area contributed by atoms with Crippen LogP contribution >= 0.6 is 0 Å². The Hall–Kier alpha value is -4.20. The zero-order valence-electron chi connectivity index (χ0n) is 19.6. The molecule has 8 heteroatoms. The molecule has 1 saturated heterocycles. The molecule has 1 amide bonds. The third-order valence-corrected chi connectivity index (χ3v) is 6.18. The zero-order valence-corrected chi connectivity index (χ0v) is 19.6. The van der Waals surface area contributed by atoms with Crippen LogP contribution in [-0.4, -0.2) is 50.8 Å². The first-order valence-corrected chi connectivity index (χ1v) is 11.7. The Balaban J connectivity index is 1.35. The summed E-state index contributed by atoms with van der Waals surface area (Å²) < 4.78 is 13.2. The molecule has 1 fully saturated rings. The van der Waals surface area contributed by atoms with Crippen molar-refractivity contribution in [2.45, 2.75) is 25.3 Å². The molecule has 0 aliphatic carbocycles. The fourth-order valence-electron chi connectivity index (χ4n) is 4.46. The molecule has 2 aromatic heterocycles. The molecule has 2 aromatic carbocycles. The summed E-state index contributed by atoms with van der Waals surface area (Å²) in [7, 11) is 1.62. The molecule has 0 bridgehead atoms. The van der Waals surface area contributed by atoms with Crippen molar-refractivity contribution in [1.29, 1.82) is 0 Å². The molecular formula is C27H27N5O3. The van der Waals surface area contributed by atoms with Crippen molar-refractivity contribution in [3.05, 3.63) is 96.2 Å². The second-order valence-corrected chi connectivity index (χ2v) is 8.48. The highest BCUT2D eigenvalue weighted by Crippen LogP contribution is 2.34. The molecule has 5 rings (SSSR count). The van der Waals surface area contributed by atoms with Crippen molar-refractivity contribution >= 4 is 5.91 Å². The van der Waals surface area contributed by atoms with Crippen LogP contribution < -0.4 is 9.47 Å². The van der Waals surface area contributed by atoms with Crippen LogP contribution in [0, 0.1) is 0 Å². The zero-order chi connectivity index (χ0) is 24.0. The highest BCUT2D eigenvalue weighted by Gasteiger charge is 2.29. The van der Waals surface area contributed by atoms with Crippen molar-refractivity contribution in [2.75, 3.05) is 20.2 Å². The lowest BCUT2D eigenvalue weighted by Crippen LogP contribution is -2.39. The lowest BCUT2D eigenvalue weighted by Gasteiger charge is -2.33. The molecule has 1 aliphatic rings. The predicted octanol–water partition coefficient (Wildman–Crippen LogP) is 4.54. The van der Waals surface area contributed by atoms with Gasteiger partial charge < -0.3 is 14.4 Å². The third kappa shape index (κ3) is 5.16. The van der Waals surface area contributed by atoms with Gasteiger partial charge in [-0.15, -0.1) is 0 Å². The largest absolute Gasteiger partial charge is 0.497 e. The number of benzene rings is 2. The topological polar surface area (TPSA) is 82.4 Å². The van der Waals surface area contributed by atoms with Gasteiger partial charge in [0.15, 0.2) is 0 Å². The highest BCUT2D eigenvalue weighted by atomic mass is 16.5. The first-order valence-electron chi connectivity index (χ1n) is 11.7. The Labute approximate surface area is 204 Å². The number of methoxy groups -OCH3 is 1. The summed E-state index contributed by atoms with van der Waals surface area (Å²) in [5.74, 6) is 1.84. The minimum Gasteiger partial charge on any atom is -0.497 e. The quantitative estimate of drug-likeness (QED) is 0.395. The summed E-state index contributed by atoms with van der Waals surface area (Å²) in [6, 6.07) is 17.0. The molecule has 35 heavy (non-hydrogen) atoms. The van der Waals surface area contributed by atoms with Gasteiger partial charge in [-0.25, -0.2) is 4.98 Å². The normalized spacial score (nSPS) is 15.6.